The van der Waals surface area contributed by atoms with Crippen molar-refractivity contribution in [3.05, 3.63) is 34.5 Å². The lowest BCUT2D eigenvalue weighted by atomic mass is 10.1. The number of carbonyl (C=O) groups is 2. The smallest absolute Gasteiger partial charge is 0.305 e. The number of carbonyl (C=O) groups excluding carboxylic acids is 1. The highest BCUT2D eigenvalue weighted by Crippen LogP contribution is 2.34. The lowest BCUT2D eigenvalue weighted by Crippen LogP contribution is -2.47. The Morgan fingerprint density at radius 1 is 1.43 bits per heavy atom. The van der Waals surface area contributed by atoms with Gasteiger partial charge in [-0.3, -0.25) is 9.59 Å². The highest BCUT2D eigenvalue weighted by molar-refractivity contribution is 7.99. The standard InChI is InChI=1S/C16H16FNO3S2/c1-9-14-11(17)3-2-4-12(14)23-15(9)16(21)18-5-6-22-8-10(18)7-13(19)20/h2-4,10H,5-8H2,1H3,(H,19,20). The summed E-state index contributed by atoms with van der Waals surface area (Å²) < 4.78 is 14.8. The number of aryl methyl sites for hydroxylation is 1. The molecule has 7 heteroatoms. The molecule has 0 radical (unpaired) electrons. The number of fused-ring (bicyclic) bond motifs is 1. The Labute approximate surface area is 141 Å². The maximum absolute atomic E-state index is 14.0. The maximum Gasteiger partial charge on any atom is 0.305 e. The Bertz CT molecular complexity index is 774. The Hall–Kier alpha value is -1.60. The summed E-state index contributed by atoms with van der Waals surface area (Å²) >= 11 is 2.93. The van der Waals surface area contributed by atoms with E-state index >= 15 is 0 Å². The fourth-order valence-corrected chi connectivity index (χ4v) is 5.12. The predicted octanol–water partition coefficient (Wildman–Crippen LogP) is 3.38. The number of nitrogens with zero attached hydrogens (tertiary/aromatic N) is 1. The van der Waals surface area contributed by atoms with E-state index in [0.29, 0.717) is 28.1 Å². The molecule has 1 N–H and O–H groups in total. The zero-order valence-electron chi connectivity index (χ0n) is 12.5. The number of hydrogen-bond acceptors (Lipinski definition) is 4. The molecule has 122 valence electrons. The van der Waals surface area contributed by atoms with Gasteiger partial charge in [0.15, 0.2) is 0 Å². The van der Waals surface area contributed by atoms with Crippen LogP contribution >= 0.6 is 23.1 Å². The molecule has 3 rings (SSSR count). The van der Waals surface area contributed by atoms with Crippen LogP contribution in [0.15, 0.2) is 18.2 Å². The molecule has 1 aromatic heterocycles. The van der Waals surface area contributed by atoms with E-state index in [4.69, 9.17) is 5.11 Å². The average Bonchev–Trinajstić information content (AvgIpc) is 2.85. The van der Waals surface area contributed by atoms with Crippen molar-refractivity contribution in [1.29, 1.82) is 0 Å². The molecule has 0 bridgehead atoms. The van der Waals surface area contributed by atoms with Gasteiger partial charge < -0.3 is 10.0 Å². The van der Waals surface area contributed by atoms with Crippen molar-refractivity contribution in [2.45, 2.75) is 19.4 Å². The van der Waals surface area contributed by atoms with Crippen LogP contribution in [-0.4, -0.2) is 46.0 Å². The van der Waals surface area contributed by atoms with E-state index < -0.39 is 5.97 Å². The predicted molar refractivity (Wildman–Crippen MR) is 90.9 cm³/mol. The molecule has 1 fully saturated rings. The molecule has 2 aromatic rings. The first kappa shape index (κ1) is 16.3. The van der Waals surface area contributed by atoms with Crippen molar-refractivity contribution >= 4 is 45.1 Å². The van der Waals surface area contributed by atoms with Crippen molar-refractivity contribution in [2.75, 3.05) is 18.1 Å². The molecule has 4 nitrogen and oxygen atoms in total. The number of halogens is 1. The summed E-state index contributed by atoms with van der Waals surface area (Å²) in [6, 6.07) is 4.51. The van der Waals surface area contributed by atoms with Crippen LogP contribution in [0.25, 0.3) is 10.1 Å². The van der Waals surface area contributed by atoms with Crippen molar-refractivity contribution < 1.29 is 19.1 Å². The molecule has 0 spiro atoms. The molecule has 1 aliphatic heterocycles. The zero-order valence-corrected chi connectivity index (χ0v) is 14.2. The van der Waals surface area contributed by atoms with Crippen molar-refractivity contribution in [3.8, 4) is 0 Å². The summed E-state index contributed by atoms with van der Waals surface area (Å²) in [5, 5.41) is 9.53. The number of amides is 1. The lowest BCUT2D eigenvalue weighted by Gasteiger charge is -2.34. The number of thioether (sulfide) groups is 1. The third-order valence-corrected chi connectivity index (χ3v) is 6.33. The topological polar surface area (TPSA) is 57.6 Å². The maximum atomic E-state index is 14.0. The molecule has 1 amide bonds. The van der Waals surface area contributed by atoms with Gasteiger partial charge in [0, 0.05) is 28.1 Å². The van der Waals surface area contributed by atoms with E-state index in [1.807, 2.05) is 0 Å². The zero-order chi connectivity index (χ0) is 16.6. The van der Waals surface area contributed by atoms with Crippen molar-refractivity contribution in [2.24, 2.45) is 0 Å². The molecule has 1 unspecified atom stereocenters. The van der Waals surface area contributed by atoms with Gasteiger partial charge in [0.2, 0.25) is 0 Å². The summed E-state index contributed by atoms with van der Waals surface area (Å²) in [7, 11) is 0. The number of carboxylic acid groups (broad SMARTS) is 1. The van der Waals surface area contributed by atoms with Crippen LogP contribution in [-0.2, 0) is 4.79 Å². The molecule has 0 aliphatic carbocycles. The van der Waals surface area contributed by atoms with Gasteiger partial charge in [0.25, 0.3) is 5.91 Å². The van der Waals surface area contributed by atoms with E-state index in [-0.39, 0.29) is 24.2 Å². The summed E-state index contributed by atoms with van der Waals surface area (Å²) in [5.74, 6) is -0.00750. The number of rotatable bonds is 3. The minimum Gasteiger partial charge on any atom is -0.481 e. The van der Waals surface area contributed by atoms with Crippen LogP contribution < -0.4 is 0 Å². The molecule has 1 aliphatic rings. The minimum atomic E-state index is -0.908. The van der Waals surface area contributed by atoms with E-state index in [1.54, 1.807) is 35.7 Å². The van der Waals surface area contributed by atoms with E-state index in [1.165, 1.54) is 17.4 Å². The quantitative estimate of drug-likeness (QED) is 0.919. The highest BCUT2D eigenvalue weighted by atomic mass is 32.2. The van der Waals surface area contributed by atoms with E-state index in [0.717, 1.165) is 10.5 Å². The first-order valence-corrected chi connectivity index (χ1v) is 9.24. The number of thiophene rings is 1. The summed E-state index contributed by atoms with van der Waals surface area (Å²) in [6.45, 7) is 2.28. The SMILES string of the molecule is Cc1c(C(=O)N2CCSCC2CC(=O)O)sc2cccc(F)c12. The van der Waals surface area contributed by atoms with Crippen LogP contribution in [0.2, 0.25) is 0 Å². The number of aliphatic carboxylic acids is 1. The molecule has 1 aromatic carbocycles. The normalized spacial score (nSPS) is 18.3. The molecule has 2 heterocycles. The highest BCUT2D eigenvalue weighted by Gasteiger charge is 2.31. The van der Waals surface area contributed by atoms with Crippen LogP contribution in [0, 0.1) is 12.7 Å². The lowest BCUT2D eigenvalue weighted by molar-refractivity contribution is -0.138. The second kappa shape index (κ2) is 6.49. The molecular weight excluding hydrogens is 337 g/mol. The van der Waals surface area contributed by atoms with Gasteiger partial charge in [-0.05, 0) is 24.6 Å². The third kappa shape index (κ3) is 3.07. The summed E-state index contributed by atoms with van der Waals surface area (Å²) in [6.07, 6.45) is -0.0585. The Morgan fingerprint density at radius 2 is 2.22 bits per heavy atom. The molecule has 1 saturated heterocycles. The second-order valence-electron chi connectivity index (χ2n) is 5.49. The van der Waals surface area contributed by atoms with Crippen LogP contribution in [0.3, 0.4) is 0 Å². The fourth-order valence-electron chi connectivity index (χ4n) is 2.88. The van der Waals surface area contributed by atoms with Crippen molar-refractivity contribution in [1.82, 2.24) is 4.90 Å². The average molecular weight is 353 g/mol. The Balaban J connectivity index is 1.97. The summed E-state index contributed by atoms with van der Waals surface area (Å²) in [4.78, 5) is 26.1. The van der Waals surface area contributed by atoms with Gasteiger partial charge >= 0.3 is 5.97 Å². The minimum absolute atomic E-state index is 0.0585. The van der Waals surface area contributed by atoms with Gasteiger partial charge in [0.05, 0.1) is 17.3 Å². The Kier molecular flexibility index (Phi) is 4.59. The van der Waals surface area contributed by atoms with Crippen LogP contribution in [0.1, 0.15) is 21.7 Å². The molecule has 0 saturated carbocycles. The van der Waals surface area contributed by atoms with Gasteiger partial charge in [-0.1, -0.05) is 6.07 Å². The largest absolute Gasteiger partial charge is 0.481 e. The third-order valence-electron chi connectivity index (χ3n) is 4.00. The first-order chi connectivity index (χ1) is 11.0. The van der Waals surface area contributed by atoms with Gasteiger partial charge in [-0.2, -0.15) is 11.8 Å². The number of benzene rings is 1. The monoisotopic (exact) mass is 353 g/mol. The molecule has 23 heavy (non-hydrogen) atoms. The van der Waals surface area contributed by atoms with Crippen LogP contribution in [0.5, 0.6) is 0 Å². The number of carboxylic acids is 1. The van der Waals surface area contributed by atoms with E-state index in [2.05, 4.69) is 0 Å². The van der Waals surface area contributed by atoms with Gasteiger partial charge in [-0.15, -0.1) is 11.3 Å². The van der Waals surface area contributed by atoms with Gasteiger partial charge in [0.1, 0.15) is 5.82 Å². The second-order valence-corrected chi connectivity index (χ2v) is 7.70. The fraction of sp³-hybridized carbons (Fsp3) is 0.375. The summed E-state index contributed by atoms with van der Waals surface area (Å²) in [5.41, 5.74) is 0.639. The van der Waals surface area contributed by atoms with Gasteiger partial charge in [-0.25, -0.2) is 4.39 Å². The van der Waals surface area contributed by atoms with E-state index in [9.17, 15) is 14.0 Å². The number of hydrogen-bond donors (Lipinski definition) is 1. The van der Waals surface area contributed by atoms with Crippen LogP contribution in [0.4, 0.5) is 4.39 Å². The Morgan fingerprint density at radius 3 is 2.91 bits per heavy atom. The molecule has 1 atom stereocenters. The van der Waals surface area contributed by atoms with Crippen molar-refractivity contribution in [3.63, 3.8) is 0 Å². The molecular formula is C16H16FNO3S2. The first-order valence-electron chi connectivity index (χ1n) is 7.27.